The third-order valence-corrected chi connectivity index (χ3v) is 4.96. The van der Waals surface area contributed by atoms with Crippen molar-refractivity contribution >= 4 is 11.6 Å². The first kappa shape index (κ1) is 16.9. The Hall–Kier alpha value is -3.29. The van der Waals surface area contributed by atoms with Crippen LogP contribution in [0.1, 0.15) is 38.0 Å². The van der Waals surface area contributed by atoms with Crippen LogP contribution in [0.5, 0.6) is 11.5 Å². The predicted molar refractivity (Wildman–Crippen MR) is 97.8 cm³/mol. The summed E-state index contributed by atoms with van der Waals surface area (Å²) in [5.41, 5.74) is 0.671. The van der Waals surface area contributed by atoms with Gasteiger partial charge >= 0.3 is 0 Å². The van der Waals surface area contributed by atoms with Gasteiger partial charge in [0.05, 0.1) is 6.26 Å². The molecule has 1 spiro atoms. The van der Waals surface area contributed by atoms with Crippen molar-refractivity contribution in [3.8, 4) is 23.1 Å². The second-order valence-corrected chi connectivity index (χ2v) is 7.02. The number of fused-ring (bicyclic) bond motifs is 1. The second kappa shape index (κ2) is 6.70. The van der Waals surface area contributed by atoms with Crippen LogP contribution < -0.4 is 14.8 Å². The minimum absolute atomic E-state index is 0.146. The monoisotopic (exact) mass is 381 g/mol. The SMILES string of the molecule is O=C(CCc1nc(-c2ccco2)no1)Nc1ccc2c(c1)OC1(CCCC1)O2. The zero-order chi connectivity index (χ0) is 19.0. The molecule has 1 aromatic carbocycles. The number of nitrogens with zero attached hydrogens (tertiary/aromatic N) is 2. The van der Waals surface area contributed by atoms with Crippen molar-refractivity contribution in [1.82, 2.24) is 10.1 Å². The van der Waals surface area contributed by atoms with Gasteiger partial charge < -0.3 is 23.7 Å². The molecule has 0 bridgehead atoms. The molecule has 1 fully saturated rings. The molecule has 28 heavy (non-hydrogen) atoms. The van der Waals surface area contributed by atoms with Gasteiger partial charge in [-0.15, -0.1) is 0 Å². The van der Waals surface area contributed by atoms with Gasteiger partial charge in [0, 0.05) is 37.4 Å². The number of ether oxygens (including phenoxy) is 2. The molecule has 144 valence electrons. The Morgan fingerprint density at radius 2 is 2.00 bits per heavy atom. The van der Waals surface area contributed by atoms with E-state index in [2.05, 4.69) is 15.5 Å². The highest BCUT2D eigenvalue weighted by molar-refractivity contribution is 5.91. The van der Waals surface area contributed by atoms with E-state index in [1.807, 2.05) is 18.2 Å². The average Bonchev–Trinajstić information content (AvgIpc) is 3.47. The van der Waals surface area contributed by atoms with Gasteiger partial charge in [0.25, 0.3) is 5.79 Å². The number of rotatable bonds is 5. The van der Waals surface area contributed by atoms with Gasteiger partial charge in [0.2, 0.25) is 17.6 Å². The lowest BCUT2D eigenvalue weighted by Crippen LogP contribution is -2.34. The van der Waals surface area contributed by atoms with E-state index in [9.17, 15) is 4.79 Å². The summed E-state index contributed by atoms with van der Waals surface area (Å²) in [4.78, 5) is 16.5. The van der Waals surface area contributed by atoms with E-state index in [-0.39, 0.29) is 12.3 Å². The van der Waals surface area contributed by atoms with E-state index in [4.69, 9.17) is 18.4 Å². The summed E-state index contributed by atoms with van der Waals surface area (Å²) in [6.07, 6.45) is 6.11. The van der Waals surface area contributed by atoms with Crippen molar-refractivity contribution < 1.29 is 23.2 Å². The number of nitrogens with one attached hydrogen (secondary N) is 1. The first-order chi connectivity index (χ1) is 13.7. The maximum Gasteiger partial charge on any atom is 0.251 e. The van der Waals surface area contributed by atoms with Crippen LogP contribution in [0.3, 0.4) is 0 Å². The fraction of sp³-hybridized carbons (Fsp3) is 0.350. The molecule has 0 unspecified atom stereocenters. The lowest BCUT2D eigenvalue weighted by atomic mass is 10.2. The number of carbonyl (C=O) groups excluding carboxylic acids is 1. The maximum absolute atomic E-state index is 12.3. The molecule has 3 aromatic rings. The molecule has 3 heterocycles. The van der Waals surface area contributed by atoms with Crippen LogP contribution in [0.4, 0.5) is 5.69 Å². The quantitative estimate of drug-likeness (QED) is 0.714. The summed E-state index contributed by atoms with van der Waals surface area (Å²) in [6, 6.07) is 8.96. The Bertz CT molecular complexity index is 989. The third-order valence-electron chi connectivity index (χ3n) is 4.96. The summed E-state index contributed by atoms with van der Waals surface area (Å²) in [6.45, 7) is 0. The summed E-state index contributed by atoms with van der Waals surface area (Å²) >= 11 is 0. The second-order valence-electron chi connectivity index (χ2n) is 7.02. The first-order valence-corrected chi connectivity index (χ1v) is 9.38. The number of aryl methyl sites for hydroxylation is 1. The predicted octanol–water partition coefficient (Wildman–Crippen LogP) is 3.94. The number of hydrogen-bond acceptors (Lipinski definition) is 7. The van der Waals surface area contributed by atoms with Gasteiger partial charge in [-0.1, -0.05) is 5.16 Å². The molecule has 8 nitrogen and oxygen atoms in total. The van der Waals surface area contributed by atoms with Crippen LogP contribution in [0.15, 0.2) is 45.5 Å². The summed E-state index contributed by atoms with van der Waals surface area (Å²) in [7, 11) is 0. The molecule has 8 heteroatoms. The van der Waals surface area contributed by atoms with E-state index < -0.39 is 5.79 Å². The molecular weight excluding hydrogens is 362 g/mol. The lowest BCUT2D eigenvalue weighted by molar-refractivity contribution is -0.116. The van der Waals surface area contributed by atoms with E-state index in [1.54, 1.807) is 18.4 Å². The van der Waals surface area contributed by atoms with Crippen LogP contribution in [0, 0.1) is 0 Å². The number of anilines is 1. The van der Waals surface area contributed by atoms with Gasteiger partial charge in [-0.25, -0.2) is 0 Å². The molecule has 2 aromatic heterocycles. The van der Waals surface area contributed by atoms with Crippen LogP contribution in [0.25, 0.3) is 11.6 Å². The zero-order valence-electron chi connectivity index (χ0n) is 15.1. The minimum atomic E-state index is -0.505. The van der Waals surface area contributed by atoms with Gasteiger partial charge in [-0.05, 0) is 37.1 Å². The molecule has 0 atom stereocenters. The molecular formula is C20H19N3O5. The van der Waals surface area contributed by atoms with Crippen molar-refractivity contribution in [3.63, 3.8) is 0 Å². The molecule has 1 aliphatic heterocycles. The number of benzene rings is 1. The number of hydrogen-bond donors (Lipinski definition) is 1. The Labute approximate surface area is 160 Å². The maximum atomic E-state index is 12.3. The van der Waals surface area contributed by atoms with Crippen LogP contribution in [0.2, 0.25) is 0 Å². The normalized spacial score (nSPS) is 16.6. The van der Waals surface area contributed by atoms with Crippen molar-refractivity contribution in [2.45, 2.75) is 44.3 Å². The Morgan fingerprint density at radius 1 is 1.14 bits per heavy atom. The molecule has 0 radical (unpaired) electrons. The standard InChI is InChI=1S/C20H19N3O5/c24-17(7-8-18-22-19(23-28-18)15-4-3-11-25-15)21-13-5-6-14-16(12-13)27-20(26-14)9-1-2-10-20/h3-6,11-12H,1-2,7-10H2,(H,21,24). The fourth-order valence-corrected chi connectivity index (χ4v) is 3.60. The highest BCUT2D eigenvalue weighted by Gasteiger charge is 2.44. The van der Waals surface area contributed by atoms with E-state index in [1.165, 1.54) is 0 Å². The topological polar surface area (TPSA) is 99.6 Å². The van der Waals surface area contributed by atoms with Crippen LogP contribution in [-0.2, 0) is 11.2 Å². The van der Waals surface area contributed by atoms with Crippen molar-refractivity contribution in [3.05, 3.63) is 42.5 Å². The van der Waals surface area contributed by atoms with Gasteiger partial charge in [-0.2, -0.15) is 4.98 Å². The Balaban J connectivity index is 1.18. The zero-order valence-corrected chi connectivity index (χ0v) is 15.1. The van der Waals surface area contributed by atoms with Gasteiger partial charge in [-0.3, -0.25) is 4.79 Å². The third kappa shape index (κ3) is 3.21. The van der Waals surface area contributed by atoms with Gasteiger partial charge in [0.1, 0.15) is 0 Å². The molecule has 1 aliphatic carbocycles. The number of carbonyl (C=O) groups is 1. The highest BCUT2D eigenvalue weighted by atomic mass is 16.7. The first-order valence-electron chi connectivity index (χ1n) is 9.38. The van der Waals surface area contributed by atoms with E-state index in [0.717, 1.165) is 31.4 Å². The Kier molecular flexibility index (Phi) is 4.03. The molecule has 1 N–H and O–H groups in total. The number of aromatic nitrogens is 2. The van der Waals surface area contributed by atoms with E-state index >= 15 is 0 Å². The summed E-state index contributed by atoms with van der Waals surface area (Å²) < 4.78 is 22.4. The highest BCUT2D eigenvalue weighted by Crippen LogP contribution is 2.47. The van der Waals surface area contributed by atoms with Crippen molar-refractivity contribution in [2.75, 3.05) is 5.32 Å². The Morgan fingerprint density at radius 3 is 2.82 bits per heavy atom. The largest absolute Gasteiger partial charge is 0.461 e. The van der Waals surface area contributed by atoms with Gasteiger partial charge in [0.15, 0.2) is 17.3 Å². The lowest BCUT2D eigenvalue weighted by Gasteiger charge is -2.21. The number of furan rings is 1. The fourth-order valence-electron chi connectivity index (χ4n) is 3.60. The molecule has 1 amide bonds. The van der Waals surface area contributed by atoms with Crippen LogP contribution >= 0.6 is 0 Å². The molecule has 0 saturated heterocycles. The molecule has 1 saturated carbocycles. The smallest absolute Gasteiger partial charge is 0.251 e. The van der Waals surface area contributed by atoms with Crippen LogP contribution in [-0.4, -0.2) is 21.8 Å². The molecule has 5 rings (SSSR count). The summed E-state index contributed by atoms with van der Waals surface area (Å²) in [5.74, 6) is 2.05. The van der Waals surface area contributed by atoms with E-state index in [0.29, 0.717) is 35.3 Å². The number of amides is 1. The average molecular weight is 381 g/mol. The van der Waals surface area contributed by atoms with Crippen molar-refractivity contribution in [2.24, 2.45) is 0 Å². The molecule has 2 aliphatic rings. The van der Waals surface area contributed by atoms with Crippen molar-refractivity contribution in [1.29, 1.82) is 0 Å². The summed E-state index contributed by atoms with van der Waals surface area (Å²) in [5, 5.41) is 6.73. The minimum Gasteiger partial charge on any atom is -0.461 e.